The molecule has 1 saturated heterocycles. The van der Waals surface area contributed by atoms with Crippen LogP contribution in [0, 0.1) is 5.92 Å². The maximum Gasteiger partial charge on any atom is 0.0686 e. The summed E-state index contributed by atoms with van der Waals surface area (Å²) in [5.41, 5.74) is 1.48. The zero-order valence-corrected chi connectivity index (χ0v) is 14.8. The van der Waals surface area contributed by atoms with E-state index in [4.69, 9.17) is 16.3 Å². The molecule has 3 rings (SSSR count). The highest BCUT2D eigenvalue weighted by Gasteiger charge is 2.44. The highest BCUT2D eigenvalue weighted by atomic mass is 79.9. The number of hydrogen-bond donors (Lipinski definition) is 1. The molecule has 1 aliphatic carbocycles. The summed E-state index contributed by atoms with van der Waals surface area (Å²) in [6, 6.07) is 6.61. The zero-order chi connectivity index (χ0) is 14.9. The van der Waals surface area contributed by atoms with Gasteiger partial charge >= 0.3 is 0 Å². The van der Waals surface area contributed by atoms with Crippen LogP contribution in [0.3, 0.4) is 0 Å². The second-order valence-corrected chi connectivity index (χ2v) is 7.73. The molecule has 2 unspecified atom stereocenters. The van der Waals surface area contributed by atoms with E-state index < -0.39 is 0 Å². The molecule has 2 fully saturated rings. The second kappa shape index (κ2) is 6.57. The first-order valence-corrected chi connectivity index (χ1v) is 9.12. The van der Waals surface area contributed by atoms with Gasteiger partial charge in [0, 0.05) is 22.1 Å². The second-order valence-electron chi connectivity index (χ2n) is 6.38. The van der Waals surface area contributed by atoms with Crippen molar-refractivity contribution in [2.75, 3.05) is 13.2 Å². The summed E-state index contributed by atoms with van der Waals surface area (Å²) in [5.74, 6) is 0.629. The van der Waals surface area contributed by atoms with Crippen LogP contribution in [-0.2, 0) is 4.74 Å². The van der Waals surface area contributed by atoms with Crippen molar-refractivity contribution in [1.82, 2.24) is 5.32 Å². The molecule has 2 aliphatic rings. The Hall–Kier alpha value is -0.0900. The first-order valence-electron chi connectivity index (χ1n) is 7.95. The lowest BCUT2D eigenvalue weighted by Crippen LogP contribution is -2.48. The zero-order valence-electron chi connectivity index (χ0n) is 12.5. The number of benzene rings is 1. The Balaban J connectivity index is 1.83. The average molecular weight is 373 g/mol. The van der Waals surface area contributed by atoms with E-state index in [1.54, 1.807) is 0 Å². The van der Waals surface area contributed by atoms with Crippen LogP contribution in [0.4, 0.5) is 0 Å². The van der Waals surface area contributed by atoms with Gasteiger partial charge in [-0.3, -0.25) is 0 Å². The van der Waals surface area contributed by atoms with Gasteiger partial charge in [0.1, 0.15) is 0 Å². The van der Waals surface area contributed by atoms with Crippen molar-refractivity contribution in [3.63, 3.8) is 0 Å². The molecule has 2 nitrogen and oxygen atoms in total. The molecule has 1 aromatic rings. The molecule has 1 saturated carbocycles. The molecular formula is C17H23BrClNO. The molecule has 0 amide bonds. The predicted molar refractivity (Wildman–Crippen MR) is 90.8 cm³/mol. The summed E-state index contributed by atoms with van der Waals surface area (Å²) in [4.78, 5) is 0. The van der Waals surface area contributed by atoms with Gasteiger partial charge in [-0.2, -0.15) is 0 Å². The Morgan fingerprint density at radius 2 is 2.24 bits per heavy atom. The molecule has 0 aromatic heterocycles. The molecule has 0 bridgehead atoms. The van der Waals surface area contributed by atoms with Crippen molar-refractivity contribution < 1.29 is 4.74 Å². The minimum atomic E-state index is 0.187. The maximum absolute atomic E-state index is 6.25. The number of halogens is 2. The topological polar surface area (TPSA) is 21.3 Å². The van der Waals surface area contributed by atoms with Crippen molar-refractivity contribution in [2.24, 2.45) is 5.92 Å². The fourth-order valence-electron chi connectivity index (χ4n) is 3.80. The van der Waals surface area contributed by atoms with Crippen molar-refractivity contribution in [1.29, 1.82) is 0 Å². The summed E-state index contributed by atoms with van der Waals surface area (Å²) in [7, 11) is 0. The van der Waals surface area contributed by atoms with Crippen LogP contribution in [0.1, 0.15) is 50.6 Å². The Morgan fingerprint density at radius 3 is 2.86 bits per heavy atom. The molecule has 0 radical (unpaired) electrons. The first-order chi connectivity index (χ1) is 10.1. The number of rotatable bonds is 4. The Bertz CT molecular complexity index is 483. The summed E-state index contributed by atoms with van der Waals surface area (Å²) in [5, 5.41) is 4.47. The highest BCUT2D eigenvalue weighted by Crippen LogP contribution is 2.47. The van der Waals surface area contributed by atoms with Gasteiger partial charge < -0.3 is 10.1 Å². The van der Waals surface area contributed by atoms with Gasteiger partial charge in [-0.1, -0.05) is 34.5 Å². The lowest BCUT2D eigenvalue weighted by molar-refractivity contribution is -0.147. The van der Waals surface area contributed by atoms with Crippen LogP contribution in [0.25, 0.3) is 0 Å². The van der Waals surface area contributed by atoms with Crippen molar-refractivity contribution in [3.8, 4) is 0 Å². The van der Waals surface area contributed by atoms with E-state index in [9.17, 15) is 0 Å². The predicted octanol–water partition coefficient (Wildman–Crippen LogP) is 5.10. The Kier molecular flexibility index (Phi) is 4.94. The van der Waals surface area contributed by atoms with Crippen LogP contribution < -0.4 is 5.32 Å². The summed E-state index contributed by atoms with van der Waals surface area (Å²) in [6.07, 6.45) is 6.10. The van der Waals surface area contributed by atoms with E-state index in [-0.39, 0.29) is 5.60 Å². The summed E-state index contributed by atoms with van der Waals surface area (Å²) < 4.78 is 7.13. The first kappa shape index (κ1) is 15.8. The lowest BCUT2D eigenvalue weighted by atomic mass is 9.69. The molecule has 1 aromatic carbocycles. The SMILES string of the molecule is CCNC(c1cc(Cl)cc(Br)c1)C1CCOC2(CCC2)C1. The molecule has 116 valence electrons. The van der Waals surface area contributed by atoms with Crippen LogP contribution in [0.5, 0.6) is 0 Å². The molecule has 2 atom stereocenters. The van der Waals surface area contributed by atoms with Gasteiger partial charge in [-0.15, -0.1) is 0 Å². The van der Waals surface area contributed by atoms with Crippen LogP contribution in [-0.4, -0.2) is 18.8 Å². The molecule has 1 spiro atoms. The van der Waals surface area contributed by atoms with Gasteiger partial charge in [0.15, 0.2) is 0 Å². The molecule has 1 aliphatic heterocycles. The van der Waals surface area contributed by atoms with Gasteiger partial charge in [0.05, 0.1) is 5.60 Å². The smallest absolute Gasteiger partial charge is 0.0686 e. The standard InChI is InChI=1S/C17H23BrClNO/c1-2-20-16(13-8-14(18)10-15(19)9-13)12-4-7-21-17(11-12)5-3-6-17/h8-10,12,16,20H,2-7,11H2,1H3. The summed E-state index contributed by atoms with van der Waals surface area (Å²) >= 11 is 9.81. The largest absolute Gasteiger partial charge is 0.375 e. The Labute approximate surface area is 140 Å². The fraction of sp³-hybridized carbons (Fsp3) is 0.647. The van der Waals surface area contributed by atoms with E-state index in [1.807, 2.05) is 6.07 Å². The van der Waals surface area contributed by atoms with Crippen LogP contribution in [0.15, 0.2) is 22.7 Å². The van der Waals surface area contributed by atoms with Crippen LogP contribution in [0.2, 0.25) is 5.02 Å². The Morgan fingerprint density at radius 1 is 1.43 bits per heavy atom. The molecule has 1 N–H and O–H groups in total. The highest BCUT2D eigenvalue weighted by molar-refractivity contribution is 9.10. The van der Waals surface area contributed by atoms with Crippen molar-refractivity contribution in [2.45, 2.75) is 50.7 Å². The number of ether oxygens (including phenoxy) is 1. The third kappa shape index (κ3) is 3.47. The molecule has 4 heteroatoms. The van der Waals surface area contributed by atoms with Gasteiger partial charge in [0.2, 0.25) is 0 Å². The lowest BCUT2D eigenvalue weighted by Gasteiger charge is -2.49. The van der Waals surface area contributed by atoms with E-state index in [0.717, 1.165) is 29.1 Å². The van der Waals surface area contributed by atoms with E-state index in [2.05, 4.69) is 40.3 Å². The number of hydrogen-bond acceptors (Lipinski definition) is 2. The third-order valence-corrected chi connectivity index (χ3v) is 5.61. The van der Waals surface area contributed by atoms with Gasteiger partial charge in [-0.25, -0.2) is 0 Å². The average Bonchev–Trinajstić information content (AvgIpc) is 2.42. The fourth-order valence-corrected chi connectivity index (χ4v) is 4.69. The van der Waals surface area contributed by atoms with Gasteiger partial charge in [0.25, 0.3) is 0 Å². The van der Waals surface area contributed by atoms with Gasteiger partial charge in [-0.05, 0) is 68.3 Å². The van der Waals surface area contributed by atoms with E-state index >= 15 is 0 Å². The van der Waals surface area contributed by atoms with Crippen LogP contribution >= 0.6 is 27.5 Å². The third-order valence-electron chi connectivity index (χ3n) is 4.94. The monoisotopic (exact) mass is 371 g/mol. The number of nitrogens with one attached hydrogen (secondary N) is 1. The minimum Gasteiger partial charge on any atom is -0.375 e. The molecule has 21 heavy (non-hydrogen) atoms. The van der Waals surface area contributed by atoms with E-state index in [0.29, 0.717) is 12.0 Å². The quantitative estimate of drug-likeness (QED) is 0.793. The molecular weight excluding hydrogens is 350 g/mol. The van der Waals surface area contributed by atoms with Crippen molar-refractivity contribution >= 4 is 27.5 Å². The minimum absolute atomic E-state index is 0.187. The normalized spacial score (nSPS) is 25.6. The maximum atomic E-state index is 6.25. The van der Waals surface area contributed by atoms with E-state index in [1.165, 1.54) is 31.2 Å². The molecule has 1 heterocycles. The van der Waals surface area contributed by atoms with Crippen molar-refractivity contribution in [3.05, 3.63) is 33.3 Å². The summed E-state index contributed by atoms with van der Waals surface area (Å²) in [6.45, 7) is 4.04.